The number of terminal acetylenes is 2. The Balaban J connectivity index is 0.000000410. The Morgan fingerprint density at radius 2 is 1.73 bits per heavy atom. The summed E-state index contributed by atoms with van der Waals surface area (Å²) in [5, 5.41) is 12.6. The zero-order chi connectivity index (χ0) is 26.9. The molecule has 0 spiro atoms. The third-order valence-corrected chi connectivity index (χ3v) is 4.71. The molecule has 0 aliphatic rings. The van der Waals surface area contributed by atoms with Crippen molar-refractivity contribution in [2.24, 2.45) is 0 Å². The molecule has 2 heterocycles. The maximum atomic E-state index is 12.0. The lowest BCUT2D eigenvalue weighted by Gasteiger charge is -2.10. The van der Waals surface area contributed by atoms with Crippen molar-refractivity contribution in [1.29, 1.82) is 0 Å². The molecule has 1 amide bonds. The summed E-state index contributed by atoms with van der Waals surface area (Å²) >= 11 is 3.19. The molecule has 0 aliphatic carbocycles. The monoisotopic (exact) mass is 549 g/mol. The summed E-state index contributed by atoms with van der Waals surface area (Å²) in [5.74, 6) is 18.5. The van der Waals surface area contributed by atoms with Crippen molar-refractivity contribution in [1.82, 2.24) is 9.97 Å². The van der Waals surface area contributed by atoms with Crippen molar-refractivity contribution < 1.29 is 19.4 Å². The van der Waals surface area contributed by atoms with Gasteiger partial charge in [0.1, 0.15) is 18.1 Å². The second-order valence-corrected chi connectivity index (χ2v) is 7.36. The molecule has 0 saturated carbocycles. The SMILES string of the molecule is C#CC#CC#CC#CC#C.O=Cc1cc(OCc2ccc(NC(=O)c3ccccn3)nc2)c(O)cc1Br. The number of rotatable bonds is 6. The number of aromatic hydroxyl groups is 1. The molecule has 37 heavy (non-hydrogen) atoms. The van der Waals surface area contributed by atoms with Crippen LogP contribution in [0.2, 0.25) is 0 Å². The second-order valence-electron chi connectivity index (χ2n) is 6.51. The van der Waals surface area contributed by atoms with E-state index in [1.807, 2.05) is 0 Å². The molecule has 0 fully saturated rings. The van der Waals surface area contributed by atoms with Crippen LogP contribution in [0.5, 0.6) is 11.5 Å². The molecular formula is C29H16BrN3O4. The number of amides is 1. The summed E-state index contributed by atoms with van der Waals surface area (Å²) in [7, 11) is 0. The summed E-state index contributed by atoms with van der Waals surface area (Å²) in [4.78, 5) is 31.1. The van der Waals surface area contributed by atoms with Gasteiger partial charge in [0, 0.05) is 28.0 Å². The van der Waals surface area contributed by atoms with Crippen molar-refractivity contribution >= 4 is 33.9 Å². The van der Waals surface area contributed by atoms with Crippen LogP contribution in [0.4, 0.5) is 5.82 Å². The van der Waals surface area contributed by atoms with Crippen LogP contribution in [-0.4, -0.2) is 27.3 Å². The van der Waals surface area contributed by atoms with Gasteiger partial charge in [-0.1, -0.05) is 12.1 Å². The number of aldehydes is 1. The van der Waals surface area contributed by atoms with E-state index in [0.717, 1.165) is 5.56 Å². The van der Waals surface area contributed by atoms with E-state index in [4.69, 9.17) is 17.6 Å². The third-order valence-electron chi connectivity index (χ3n) is 4.02. The first-order valence-electron chi connectivity index (χ1n) is 10.2. The van der Waals surface area contributed by atoms with Crippen LogP contribution in [0.15, 0.2) is 59.3 Å². The lowest BCUT2D eigenvalue weighted by atomic mass is 10.2. The number of hydrogen-bond acceptors (Lipinski definition) is 6. The number of nitrogens with zero attached hydrogens (tertiary/aromatic N) is 2. The summed E-state index contributed by atoms with van der Waals surface area (Å²) in [5.41, 5.74) is 1.39. The number of benzene rings is 1. The molecule has 8 heteroatoms. The van der Waals surface area contributed by atoms with Crippen LogP contribution in [0.1, 0.15) is 26.4 Å². The topological polar surface area (TPSA) is 101 Å². The van der Waals surface area contributed by atoms with Crippen LogP contribution in [0.25, 0.3) is 0 Å². The van der Waals surface area contributed by atoms with Gasteiger partial charge in [-0.15, -0.1) is 12.8 Å². The summed E-state index contributed by atoms with van der Waals surface area (Å²) in [6.07, 6.45) is 13.4. The highest BCUT2D eigenvalue weighted by molar-refractivity contribution is 9.10. The highest BCUT2D eigenvalue weighted by atomic mass is 79.9. The normalized spacial score (nSPS) is 8.41. The van der Waals surface area contributed by atoms with Gasteiger partial charge in [-0.2, -0.15) is 0 Å². The summed E-state index contributed by atoms with van der Waals surface area (Å²) in [6.45, 7) is 0.134. The van der Waals surface area contributed by atoms with Gasteiger partial charge in [0.2, 0.25) is 0 Å². The van der Waals surface area contributed by atoms with Gasteiger partial charge in [0.15, 0.2) is 17.8 Å². The molecule has 0 aliphatic heterocycles. The Hall–Kier alpha value is -5.46. The molecule has 1 aromatic carbocycles. The van der Waals surface area contributed by atoms with Gasteiger partial charge in [-0.05, 0) is 93.6 Å². The van der Waals surface area contributed by atoms with Crippen LogP contribution < -0.4 is 10.1 Å². The number of nitrogens with one attached hydrogen (secondary N) is 1. The van der Waals surface area contributed by atoms with Gasteiger partial charge >= 0.3 is 0 Å². The number of aromatic nitrogens is 2. The van der Waals surface area contributed by atoms with E-state index in [2.05, 4.69) is 78.6 Å². The predicted molar refractivity (Wildman–Crippen MR) is 143 cm³/mol. The lowest BCUT2D eigenvalue weighted by molar-refractivity contribution is 0.102. The van der Waals surface area contributed by atoms with Gasteiger partial charge in [0.05, 0.1) is 0 Å². The zero-order valence-electron chi connectivity index (χ0n) is 19.1. The van der Waals surface area contributed by atoms with Crippen molar-refractivity contribution in [2.45, 2.75) is 6.61 Å². The standard InChI is InChI=1S/C19H14BrN3O4.C10H2/c20-14-8-16(25)17(7-13(14)10-24)27-11-12-4-5-18(22-9-12)23-19(26)15-3-1-2-6-21-15;1-3-5-7-9-10-8-6-4-2/h1-10,25H,11H2,(H,22,23,26);1-2H. The van der Waals surface area contributed by atoms with Gasteiger partial charge < -0.3 is 15.2 Å². The number of carbonyl (C=O) groups is 2. The minimum Gasteiger partial charge on any atom is -0.504 e. The molecule has 0 saturated heterocycles. The molecule has 3 aromatic rings. The van der Waals surface area contributed by atoms with Crippen LogP contribution in [0, 0.1) is 60.2 Å². The Bertz CT molecular complexity index is 1500. The maximum Gasteiger partial charge on any atom is 0.275 e. The molecule has 0 bridgehead atoms. The number of hydrogen-bond donors (Lipinski definition) is 2. The summed E-state index contributed by atoms with van der Waals surface area (Å²) < 4.78 is 6.03. The molecule has 7 nitrogen and oxygen atoms in total. The molecule has 3 rings (SSSR count). The molecule has 0 atom stereocenters. The van der Waals surface area contributed by atoms with E-state index in [9.17, 15) is 14.7 Å². The number of ether oxygens (including phenoxy) is 1. The minimum absolute atomic E-state index is 0.0836. The molecule has 2 N–H and O–H groups in total. The first kappa shape index (κ1) is 27.8. The predicted octanol–water partition coefficient (Wildman–Crippen LogP) is 3.85. The van der Waals surface area contributed by atoms with Gasteiger partial charge in [0.25, 0.3) is 5.91 Å². The fourth-order valence-corrected chi connectivity index (χ4v) is 2.81. The quantitative estimate of drug-likeness (QED) is 0.357. The van der Waals surface area contributed by atoms with E-state index >= 15 is 0 Å². The smallest absolute Gasteiger partial charge is 0.275 e. The number of phenols is 1. The van der Waals surface area contributed by atoms with Crippen LogP contribution in [0.3, 0.4) is 0 Å². The van der Waals surface area contributed by atoms with Crippen molar-refractivity contribution in [3.05, 3.63) is 76.2 Å². The number of halogens is 1. The Kier molecular flexibility index (Phi) is 11.6. The van der Waals surface area contributed by atoms with Crippen molar-refractivity contribution in [2.75, 3.05) is 5.32 Å². The molecule has 2 aromatic heterocycles. The van der Waals surface area contributed by atoms with E-state index < -0.39 is 0 Å². The molecule has 178 valence electrons. The van der Waals surface area contributed by atoms with E-state index in [-0.39, 0.29) is 24.0 Å². The average Bonchev–Trinajstić information content (AvgIpc) is 2.92. The summed E-state index contributed by atoms with van der Waals surface area (Å²) in [6, 6.07) is 11.3. The maximum absolute atomic E-state index is 12.0. The number of pyridine rings is 2. The number of carbonyl (C=O) groups excluding carboxylic acids is 2. The van der Waals surface area contributed by atoms with Crippen LogP contribution >= 0.6 is 15.9 Å². The Morgan fingerprint density at radius 1 is 1.03 bits per heavy atom. The van der Waals surface area contributed by atoms with E-state index in [1.165, 1.54) is 18.3 Å². The molecule has 0 radical (unpaired) electrons. The Morgan fingerprint density at radius 3 is 2.30 bits per heavy atom. The van der Waals surface area contributed by atoms with E-state index in [1.54, 1.807) is 36.5 Å². The van der Waals surface area contributed by atoms with Gasteiger partial charge in [-0.25, -0.2) is 4.98 Å². The molecular weight excluding hydrogens is 534 g/mol. The van der Waals surface area contributed by atoms with Crippen LogP contribution in [-0.2, 0) is 6.61 Å². The second kappa shape index (κ2) is 15.4. The Labute approximate surface area is 222 Å². The number of anilines is 1. The fourth-order valence-electron chi connectivity index (χ4n) is 2.38. The number of phenolic OH excluding ortho intramolecular Hbond substituents is 1. The highest BCUT2D eigenvalue weighted by Crippen LogP contribution is 2.32. The fraction of sp³-hybridized carbons (Fsp3) is 0.0345. The third kappa shape index (κ3) is 9.74. The minimum atomic E-state index is -0.353. The van der Waals surface area contributed by atoms with E-state index in [0.29, 0.717) is 27.8 Å². The van der Waals surface area contributed by atoms with Crippen molar-refractivity contribution in [3.63, 3.8) is 0 Å². The van der Waals surface area contributed by atoms with Crippen molar-refractivity contribution in [3.8, 4) is 71.7 Å². The first-order valence-corrected chi connectivity index (χ1v) is 11.0. The largest absolute Gasteiger partial charge is 0.504 e. The average molecular weight is 550 g/mol. The highest BCUT2D eigenvalue weighted by Gasteiger charge is 2.10. The lowest BCUT2D eigenvalue weighted by Crippen LogP contribution is -2.14. The van der Waals surface area contributed by atoms with Gasteiger partial charge in [-0.3, -0.25) is 14.6 Å². The first-order chi connectivity index (χ1) is 18.0. The zero-order valence-corrected chi connectivity index (χ0v) is 20.7. The molecule has 0 unspecified atom stereocenters.